The number of hydrogen-bond donors (Lipinski definition) is 0. The Balaban J connectivity index is 1.45. The minimum absolute atomic E-state index is 0.157. The number of benzene rings is 1. The molecule has 0 aromatic heterocycles. The molecule has 3 aliphatic rings. The summed E-state index contributed by atoms with van der Waals surface area (Å²) in [6.07, 6.45) is 7.48. The second-order valence-corrected chi connectivity index (χ2v) is 9.40. The molecule has 2 spiro atoms. The number of amides is 1. The molecule has 1 aromatic carbocycles. The van der Waals surface area contributed by atoms with Gasteiger partial charge in [-0.15, -0.1) is 0 Å². The van der Waals surface area contributed by atoms with E-state index >= 15 is 0 Å². The van der Waals surface area contributed by atoms with E-state index in [0.29, 0.717) is 12.6 Å². The lowest BCUT2D eigenvalue weighted by atomic mass is 9.79. The largest absolute Gasteiger partial charge is 0.357 e. The minimum atomic E-state index is -0.523. The number of nitrogens with zero attached hydrogens (tertiary/aromatic N) is 2. The maximum atomic E-state index is 13.1. The molecule has 4 nitrogen and oxygen atoms in total. The zero-order valence-corrected chi connectivity index (χ0v) is 17.1. The Bertz CT molecular complexity index is 660. The number of carbonyl (C=O) groups excluding carboxylic acids is 1. The van der Waals surface area contributed by atoms with Crippen LogP contribution in [0.3, 0.4) is 0 Å². The van der Waals surface area contributed by atoms with E-state index in [1.807, 2.05) is 23.1 Å². The summed E-state index contributed by atoms with van der Waals surface area (Å²) in [5.41, 5.74) is 0.341. The number of anilines is 1. The third-order valence-corrected chi connectivity index (χ3v) is 6.81. The van der Waals surface area contributed by atoms with Gasteiger partial charge in [0.2, 0.25) is 0 Å². The molecule has 1 aliphatic heterocycles. The van der Waals surface area contributed by atoms with Crippen molar-refractivity contribution in [2.45, 2.75) is 76.0 Å². The van der Waals surface area contributed by atoms with Crippen molar-refractivity contribution in [2.24, 2.45) is 5.92 Å². The number of ether oxygens (including phenoxy) is 1. The number of rotatable bonds is 5. The van der Waals surface area contributed by atoms with Gasteiger partial charge in [-0.05, 0) is 76.6 Å². The Labute approximate surface area is 163 Å². The van der Waals surface area contributed by atoms with E-state index in [4.69, 9.17) is 4.74 Å². The first kappa shape index (κ1) is 18.9. The molecule has 3 fully saturated rings. The van der Waals surface area contributed by atoms with Crippen LogP contribution in [0.1, 0.15) is 58.8 Å². The van der Waals surface area contributed by atoms with Gasteiger partial charge >= 0.3 is 0 Å². The maximum absolute atomic E-state index is 13.1. The molecular weight excluding hydrogens is 336 g/mol. The maximum Gasteiger partial charge on any atom is 0.259 e. The first-order valence-electron chi connectivity index (χ1n) is 10.7. The molecule has 1 heterocycles. The Morgan fingerprint density at radius 2 is 1.81 bits per heavy atom. The first-order chi connectivity index (χ1) is 12.9. The van der Waals surface area contributed by atoms with Gasteiger partial charge in [0.25, 0.3) is 5.91 Å². The highest BCUT2D eigenvalue weighted by Gasteiger charge is 2.62. The molecule has 0 radical (unpaired) electrons. The van der Waals surface area contributed by atoms with E-state index in [-0.39, 0.29) is 11.5 Å². The first-order valence-corrected chi connectivity index (χ1v) is 10.7. The summed E-state index contributed by atoms with van der Waals surface area (Å²) in [5.74, 6) is 0.930. The molecule has 4 heteroatoms. The highest BCUT2D eigenvalue weighted by Crippen LogP contribution is 2.51. The van der Waals surface area contributed by atoms with Crippen molar-refractivity contribution in [3.63, 3.8) is 0 Å². The zero-order valence-electron chi connectivity index (χ0n) is 17.1. The SMILES string of the molecule is CC(C)CCN(C)[C@H]1CC[C@]2(CC1)CN(c1ccccc1)C(=O)C1(CC1)O2. The van der Waals surface area contributed by atoms with E-state index in [1.165, 1.54) is 25.8 Å². The highest BCUT2D eigenvalue weighted by atomic mass is 16.5. The van der Waals surface area contributed by atoms with Crippen LogP contribution >= 0.6 is 0 Å². The fourth-order valence-corrected chi connectivity index (χ4v) is 4.82. The molecule has 0 bridgehead atoms. The van der Waals surface area contributed by atoms with E-state index < -0.39 is 5.60 Å². The fourth-order valence-electron chi connectivity index (χ4n) is 4.82. The molecule has 4 rings (SSSR count). The van der Waals surface area contributed by atoms with Crippen LogP contribution in [-0.2, 0) is 9.53 Å². The normalized spacial score (nSPS) is 29.9. The van der Waals surface area contributed by atoms with Gasteiger partial charge in [0.1, 0.15) is 5.60 Å². The smallest absolute Gasteiger partial charge is 0.259 e. The standard InChI is InChI=1S/C23H34N2O2/c1-18(2)11-16-24(3)19-9-12-22(13-10-19)17-25(20-7-5-4-6-8-20)21(26)23(27-22)14-15-23/h4-8,18-19H,9-17H2,1-3H3/t19-,22-. The summed E-state index contributed by atoms with van der Waals surface area (Å²) >= 11 is 0. The second-order valence-electron chi connectivity index (χ2n) is 9.40. The number of hydrogen-bond acceptors (Lipinski definition) is 3. The van der Waals surface area contributed by atoms with Crippen molar-refractivity contribution in [1.29, 1.82) is 0 Å². The lowest BCUT2D eigenvalue weighted by molar-refractivity contribution is -0.171. The van der Waals surface area contributed by atoms with Crippen LogP contribution in [0.2, 0.25) is 0 Å². The molecule has 0 unspecified atom stereocenters. The van der Waals surface area contributed by atoms with Crippen LogP contribution in [-0.4, -0.2) is 48.2 Å². The summed E-state index contributed by atoms with van der Waals surface area (Å²) in [5, 5.41) is 0. The predicted molar refractivity (Wildman–Crippen MR) is 109 cm³/mol. The van der Waals surface area contributed by atoms with Gasteiger partial charge in [-0.25, -0.2) is 0 Å². The summed E-state index contributed by atoms with van der Waals surface area (Å²) in [7, 11) is 2.27. The molecule has 0 atom stereocenters. The summed E-state index contributed by atoms with van der Waals surface area (Å²) in [6.45, 7) is 6.47. The fraction of sp³-hybridized carbons (Fsp3) is 0.696. The van der Waals surface area contributed by atoms with Crippen LogP contribution in [0, 0.1) is 5.92 Å². The third kappa shape index (κ3) is 3.79. The molecule has 27 heavy (non-hydrogen) atoms. The number of carbonyl (C=O) groups is 1. The Morgan fingerprint density at radius 3 is 2.41 bits per heavy atom. The average Bonchev–Trinajstić information content (AvgIpc) is 3.44. The van der Waals surface area contributed by atoms with Crippen LogP contribution in [0.4, 0.5) is 5.69 Å². The Hall–Kier alpha value is -1.39. The lowest BCUT2D eigenvalue weighted by Crippen LogP contribution is -2.62. The van der Waals surface area contributed by atoms with Crippen molar-refractivity contribution >= 4 is 11.6 Å². The van der Waals surface area contributed by atoms with Gasteiger partial charge < -0.3 is 14.5 Å². The Kier molecular flexibility index (Phi) is 5.06. The monoisotopic (exact) mass is 370 g/mol. The van der Waals surface area contributed by atoms with Crippen LogP contribution < -0.4 is 4.90 Å². The van der Waals surface area contributed by atoms with Crippen LogP contribution in [0.5, 0.6) is 0 Å². The molecule has 0 N–H and O–H groups in total. The molecular formula is C23H34N2O2. The van der Waals surface area contributed by atoms with Gasteiger partial charge in [0.05, 0.1) is 12.1 Å². The zero-order chi connectivity index (χ0) is 19.1. The summed E-state index contributed by atoms with van der Waals surface area (Å²) < 4.78 is 6.59. The van der Waals surface area contributed by atoms with E-state index in [0.717, 1.165) is 37.3 Å². The molecule has 1 aromatic rings. The van der Waals surface area contributed by atoms with E-state index in [1.54, 1.807) is 0 Å². The van der Waals surface area contributed by atoms with Gasteiger partial charge in [-0.1, -0.05) is 32.0 Å². The van der Waals surface area contributed by atoms with Crippen molar-refractivity contribution in [3.8, 4) is 0 Å². The number of morpholine rings is 1. The van der Waals surface area contributed by atoms with Crippen molar-refractivity contribution < 1.29 is 9.53 Å². The van der Waals surface area contributed by atoms with Gasteiger partial charge in [0.15, 0.2) is 0 Å². The molecule has 1 amide bonds. The predicted octanol–water partition coefficient (Wildman–Crippen LogP) is 4.24. The van der Waals surface area contributed by atoms with Crippen LogP contribution in [0.15, 0.2) is 30.3 Å². The van der Waals surface area contributed by atoms with Crippen molar-refractivity contribution in [3.05, 3.63) is 30.3 Å². The summed E-state index contributed by atoms with van der Waals surface area (Å²) in [6, 6.07) is 10.8. The lowest BCUT2D eigenvalue weighted by Gasteiger charge is -2.50. The van der Waals surface area contributed by atoms with Crippen LogP contribution in [0.25, 0.3) is 0 Å². The average molecular weight is 371 g/mol. The topological polar surface area (TPSA) is 32.8 Å². The molecule has 1 saturated heterocycles. The van der Waals surface area contributed by atoms with E-state index in [2.05, 4.69) is 37.9 Å². The molecule has 148 valence electrons. The second kappa shape index (κ2) is 7.21. The highest BCUT2D eigenvalue weighted by molar-refractivity contribution is 6.02. The van der Waals surface area contributed by atoms with E-state index in [9.17, 15) is 4.79 Å². The van der Waals surface area contributed by atoms with Crippen molar-refractivity contribution in [2.75, 3.05) is 25.0 Å². The van der Waals surface area contributed by atoms with Gasteiger partial charge in [0, 0.05) is 11.7 Å². The van der Waals surface area contributed by atoms with Gasteiger partial charge in [-0.2, -0.15) is 0 Å². The third-order valence-electron chi connectivity index (χ3n) is 6.81. The summed E-state index contributed by atoms with van der Waals surface area (Å²) in [4.78, 5) is 17.6. The minimum Gasteiger partial charge on any atom is -0.357 e. The Morgan fingerprint density at radius 1 is 1.15 bits per heavy atom. The van der Waals surface area contributed by atoms with Crippen molar-refractivity contribution in [1.82, 2.24) is 4.90 Å². The molecule has 2 aliphatic carbocycles. The van der Waals surface area contributed by atoms with Gasteiger partial charge in [-0.3, -0.25) is 4.79 Å². The molecule has 2 saturated carbocycles. The quantitative estimate of drug-likeness (QED) is 0.777. The number of para-hydroxylation sites is 1.